The van der Waals surface area contributed by atoms with Gasteiger partial charge in [0.2, 0.25) is 5.91 Å². The first-order valence-electron chi connectivity index (χ1n) is 11.7. The molecule has 8 nitrogen and oxygen atoms in total. The maximum Gasteiger partial charge on any atom is 0.324 e. The number of thiophene rings is 1. The maximum atomic E-state index is 13.4. The number of nitriles is 1. The molecule has 9 heteroatoms. The third kappa shape index (κ3) is 5.51. The molecule has 0 bridgehead atoms. The van der Waals surface area contributed by atoms with Gasteiger partial charge < -0.3 is 20.9 Å². The fourth-order valence-electron chi connectivity index (χ4n) is 5.59. The molecule has 2 aliphatic rings. The summed E-state index contributed by atoms with van der Waals surface area (Å²) < 4.78 is 0. The normalized spacial score (nSPS) is 22.9. The molecular formula is C24H38N6O2S. The zero-order chi connectivity index (χ0) is 24.5. The Morgan fingerprint density at radius 3 is 2.64 bits per heavy atom. The lowest BCUT2D eigenvalue weighted by atomic mass is 9.74. The Hall–Kier alpha value is -2.15. The summed E-state index contributed by atoms with van der Waals surface area (Å²) in [4.78, 5) is 33.3. The van der Waals surface area contributed by atoms with Gasteiger partial charge in [-0.25, -0.2) is 4.79 Å². The highest BCUT2D eigenvalue weighted by molar-refractivity contribution is 7.16. The second-order valence-corrected chi connectivity index (χ2v) is 11.7. The van der Waals surface area contributed by atoms with Gasteiger partial charge in [-0.3, -0.25) is 9.69 Å². The predicted octanol–water partition coefficient (Wildman–Crippen LogP) is 2.38. The van der Waals surface area contributed by atoms with Crippen LogP contribution in [0.1, 0.15) is 43.2 Å². The lowest BCUT2D eigenvalue weighted by Crippen LogP contribution is -2.55. The van der Waals surface area contributed by atoms with Gasteiger partial charge in [-0.1, -0.05) is 13.8 Å². The third-order valence-corrected chi connectivity index (χ3v) is 8.02. The van der Waals surface area contributed by atoms with Crippen molar-refractivity contribution in [3.63, 3.8) is 0 Å². The average Bonchev–Trinajstić information content (AvgIpc) is 3.04. The van der Waals surface area contributed by atoms with Crippen LogP contribution in [0.15, 0.2) is 0 Å². The zero-order valence-electron chi connectivity index (χ0n) is 20.8. The SMILES string of the molecule is CCN(C(=O)NCC(C)(C)CN(C)C)C(=O)[C@@H]1C[C@@H]2Cc3c(sc(N)c3C#N)C[C@H]2N(C)C1. The summed E-state index contributed by atoms with van der Waals surface area (Å²) in [5.41, 5.74) is 7.66. The summed E-state index contributed by atoms with van der Waals surface area (Å²) in [6.07, 6.45) is 2.36. The van der Waals surface area contributed by atoms with E-state index in [0.29, 0.717) is 36.2 Å². The number of nitrogens with one attached hydrogen (secondary N) is 1. The number of nitrogens with two attached hydrogens (primary N) is 1. The molecular weight excluding hydrogens is 436 g/mol. The monoisotopic (exact) mass is 474 g/mol. The van der Waals surface area contributed by atoms with Crippen molar-refractivity contribution >= 4 is 28.3 Å². The Bertz CT molecular complexity index is 934. The van der Waals surface area contributed by atoms with Crippen LogP contribution in [0.25, 0.3) is 0 Å². The van der Waals surface area contributed by atoms with Gasteiger partial charge >= 0.3 is 6.03 Å². The summed E-state index contributed by atoms with van der Waals surface area (Å²) >= 11 is 1.53. The Kier molecular flexibility index (Phi) is 7.72. The van der Waals surface area contributed by atoms with Crippen molar-refractivity contribution in [2.45, 2.75) is 46.1 Å². The number of urea groups is 1. The molecule has 0 aromatic carbocycles. The van der Waals surface area contributed by atoms with Gasteiger partial charge in [-0.2, -0.15) is 5.26 Å². The number of hydrogen-bond donors (Lipinski definition) is 2. The molecule has 1 aromatic heterocycles. The number of nitrogens with zero attached hydrogens (tertiary/aromatic N) is 4. The minimum atomic E-state index is -0.317. The lowest BCUT2D eigenvalue weighted by Gasteiger charge is -2.45. The fourth-order valence-corrected chi connectivity index (χ4v) is 6.69. The molecule has 0 unspecified atom stereocenters. The predicted molar refractivity (Wildman–Crippen MR) is 132 cm³/mol. The highest BCUT2D eigenvalue weighted by atomic mass is 32.1. The van der Waals surface area contributed by atoms with Crippen LogP contribution in [0.5, 0.6) is 0 Å². The second-order valence-electron chi connectivity index (χ2n) is 10.6. The van der Waals surface area contributed by atoms with Gasteiger partial charge in [-0.05, 0) is 64.2 Å². The van der Waals surface area contributed by atoms with E-state index in [1.165, 1.54) is 21.1 Å². The first-order chi connectivity index (χ1) is 15.5. The van der Waals surface area contributed by atoms with Crippen molar-refractivity contribution < 1.29 is 9.59 Å². The standard InChI is InChI=1S/C24H38N6O2S/c1-7-30(23(32)27-13-24(2,3)14-28(4)5)22(31)16-8-15-9-17-18(11-25)21(26)33-20(17)10-19(15)29(6)12-16/h15-16,19H,7-10,12-14,26H2,1-6H3,(H,27,32)/t15-,16-,19-/m1/s1. The van der Waals surface area contributed by atoms with Crippen molar-refractivity contribution in [1.29, 1.82) is 5.26 Å². The van der Waals surface area contributed by atoms with Gasteiger partial charge in [0, 0.05) is 37.1 Å². The van der Waals surface area contributed by atoms with E-state index in [0.717, 1.165) is 31.4 Å². The number of carbonyl (C=O) groups excluding carboxylic acids is 2. The molecule has 3 atom stereocenters. The molecule has 1 aromatic rings. The first kappa shape index (κ1) is 25.5. The Morgan fingerprint density at radius 1 is 1.33 bits per heavy atom. The van der Waals surface area contributed by atoms with E-state index in [2.05, 4.69) is 42.1 Å². The molecule has 33 heavy (non-hydrogen) atoms. The summed E-state index contributed by atoms with van der Waals surface area (Å²) in [5.74, 6) is -0.0752. The molecule has 1 saturated heterocycles. The molecule has 1 fully saturated rings. The van der Waals surface area contributed by atoms with Gasteiger partial charge in [0.25, 0.3) is 0 Å². The molecule has 3 N–H and O–H groups in total. The first-order valence-corrected chi connectivity index (χ1v) is 12.5. The number of imide groups is 1. The minimum Gasteiger partial charge on any atom is -0.389 e. The van der Waals surface area contributed by atoms with Crippen LogP contribution in [0, 0.1) is 28.6 Å². The lowest BCUT2D eigenvalue weighted by molar-refractivity contribution is -0.135. The van der Waals surface area contributed by atoms with Crippen LogP contribution in [0.2, 0.25) is 0 Å². The van der Waals surface area contributed by atoms with Crippen molar-refractivity contribution in [1.82, 2.24) is 20.0 Å². The average molecular weight is 475 g/mol. The minimum absolute atomic E-state index is 0.0967. The number of likely N-dealkylation sites (N-methyl/N-ethyl adjacent to an activating group) is 1. The van der Waals surface area contributed by atoms with Crippen LogP contribution in [0.4, 0.5) is 9.80 Å². The van der Waals surface area contributed by atoms with Gasteiger partial charge in [0.05, 0.1) is 11.5 Å². The molecule has 0 spiro atoms. The van der Waals surface area contributed by atoms with Gasteiger partial charge in [0.1, 0.15) is 11.1 Å². The molecule has 1 aliphatic heterocycles. The number of piperidine rings is 1. The van der Waals surface area contributed by atoms with E-state index in [1.54, 1.807) is 0 Å². The number of carbonyl (C=O) groups is 2. The number of fused-ring (bicyclic) bond motifs is 2. The topological polar surface area (TPSA) is 106 Å². The third-order valence-electron chi connectivity index (χ3n) is 6.94. The Balaban J connectivity index is 1.68. The van der Waals surface area contributed by atoms with E-state index in [4.69, 9.17) is 5.73 Å². The summed E-state index contributed by atoms with van der Waals surface area (Å²) in [6, 6.07) is 2.28. The quantitative estimate of drug-likeness (QED) is 0.656. The number of amides is 3. The van der Waals surface area contributed by atoms with Crippen LogP contribution < -0.4 is 11.1 Å². The van der Waals surface area contributed by atoms with Crippen LogP contribution in [-0.4, -0.2) is 80.0 Å². The highest BCUT2D eigenvalue weighted by Crippen LogP contribution is 2.43. The van der Waals surface area contributed by atoms with Crippen molar-refractivity contribution in [2.24, 2.45) is 17.3 Å². The number of rotatable bonds is 6. The molecule has 3 rings (SSSR count). The van der Waals surface area contributed by atoms with E-state index < -0.39 is 0 Å². The molecule has 2 heterocycles. The highest BCUT2D eigenvalue weighted by Gasteiger charge is 2.43. The van der Waals surface area contributed by atoms with E-state index in [-0.39, 0.29) is 29.2 Å². The molecule has 0 radical (unpaired) electrons. The number of anilines is 1. The summed E-state index contributed by atoms with van der Waals surface area (Å²) in [7, 11) is 6.08. The zero-order valence-corrected chi connectivity index (χ0v) is 21.6. The summed E-state index contributed by atoms with van der Waals surface area (Å²) in [5, 5.41) is 13.1. The maximum absolute atomic E-state index is 13.4. The fraction of sp³-hybridized carbons (Fsp3) is 0.708. The van der Waals surface area contributed by atoms with Crippen LogP contribution >= 0.6 is 11.3 Å². The van der Waals surface area contributed by atoms with E-state index >= 15 is 0 Å². The van der Waals surface area contributed by atoms with E-state index in [9.17, 15) is 14.9 Å². The van der Waals surface area contributed by atoms with Gasteiger partial charge in [0.15, 0.2) is 0 Å². The van der Waals surface area contributed by atoms with Crippen molar-refractivity contribution in [3.8, 4) is 6.07 Å². The van der Waals surface area contributed by atoms with Crippen LogP contribution in [0.3, 0.4) is 0 Å². The number of likely N-dealkylation sites (tertiary alicyclic amines) is 1. The summed E-state index contributed by atoms with van der Waals surface area (Å²) in [6.45, 7) is 8.37. The second kappa shape index (κ2) is 10.00. The molecule has 182 valence electrons. The van der Waals surface area contributed by atoms with Crippen LogP contribution in [-0.2, 0) is 17.6 Å². The largest absolute Gasteiger partial charge is 0.389 e. The number of hydrogen-bond acceptors (Lipinski definition) is 7. The smallest absolute Gasteiger partial charge is 0.324 e. The van der Waals surface area contributed by atoms with Crippen molar-refractivity contribution in [3.05, 3.63) is 16.0 Å². The van der Waals surface area contributed by atoms with Gasteiger partial charge in [-0.15, -0.1) is 11.3 Å². The van der Waals surface area contributed by atoms with E-state index in [1.807, 2.05) is 21.0 Å². The number of nitrogen functional groups attached to an aromatic ring is 1. The van der Waals surface area contributed by atoms with Crippen molar-refractivity contribution in [2.75, 3.05) is 53.1 Å². The molecule has 0 saturated carbocycles. The Labute approximate surface area is 201 Å². The molecule has 3 amide bonds. The Morgan fingerprint density at radius 2 is 2.03 bits per heavy atom. The molecule has 1 aliphatic carbocycles.